The number of ether oxygens (including phenoxy) is 2. The van der Waals surface area contributed by atoms with E-state index in [-0.39, 0.29) is 11.9 Å². The van der Waals surface area contributed by atoms with E-state index >= 15 is 0 Å². The van der Waals surface area contributed by atoms with Crippen molar-refractivity contribution in [3.63, 3.8) is 0 Å². The number of hydrogen-bond donors (Lipinski definition) is 0. The molecule has 0 N–H and O–H groups in total. The fraction of sp³-hybridized carbons (Fsp3) is 0.205. The molecular formula is C78H96O4. The molecule has 82 heavy (non-hydrogen) atoms. The third-order valence-corrected chi connectivity index (χ3v) is 10.1. The third kappa shape index (κ3) is 58.8. The Bertz CT molecular complexity index is 2210. The van der Waals surface area contributed by atoms with Crippen molar-refractivity contribution >= 4 is 11.9 Å². The van der Waals surface area contributed by atoms with Crippen LogP contribution in [0.1, 0.15) is 83.3 Å². The molecule has 10 rings (SSSR count). The first kappa shape index (κ1) is 75.2. The van der Waals surface area contributed by atoms with Crippen LogP contribution < -0.4 is 0 Å². The Morgan fingerprint density at radius 2 is 0.293 bits per heavy atom. The van der Waals surface area contributed by atoms with Gasteiger partial charge in [0.1, 0.15) is 0 Å². The van der Waals surface area contributed by atoms with Crippen LogP contribution in [-0.4, -0.2) is 25.2 Å². The van der Waals surface area contributed by atoms with Gasteiger partial charge in [-0.3, -0.25) is 9.59 Å². The largest absolute Gasteiger partial charge is 0.466 e. The molecule has 0 aliphatic heterocycles. The Hall–Kier alpha value is -8.86. The third-order valence-electron chi connectivity index (χ3n) is 10.1. The van der Waals surface area contributed by atoms with Gasteiger partial charge in [-0.15, -0.1) is 0 Å². The van der Waals surface area contributed by atoms with E-state index in [1.54, 1.807) is 13.8 Å². The summed E-state index contributed by atoms with van der Waals surface area (Å²) >= 11 is 0. The van der Waals surface area contributed by atoms with Crippen molar-refractivity contribution in [2.24, 2.45) is 0 Å². The van der Waals surface area contributed by atoms with E-state index in [1.807, 2.05) is 182 Å². The van der Waals surface area contributed by atoms with Crippen LogP contribution in [0.25, 0.3) is 0 Å². The molecule has 10 aromatic rings. The van der Waals surface area contributed by atoms with E-state index in [4.69, 9.17) is 0 Å². The molecule has 0 amide bonds. The van der Waals surface area contributed by atoms with Crippen LogP contribution in [0.2, 0.25) is 0 Å². The molecule has 432 valence electrons. The average Bonchev–Trinajstić information content (AvgIpc) is 3.47. The summed E-state index contributed by atoms with van der Waals surface area (Å²) in [4.78, 5) is 19.6. The van der Waals surface area contributed by atoms with Gasteiger partial charge in [-0.25, -0.2) is 0 Å². The van der Waals surface area contributed by atoms with Gasteiger partial charge in [0.25, 0.3) is 0 Å². The molecule has 0 spiro atoms. The summed E-state index contributed by atoms with van der Waals surface area (Å²) in [5.74, 6) is -0.421. The standard InChI is InChI=1S/10C7H8.2C4H8O2/c10*1-7-5-3-2-4-6-7;2*1-3-6-4(2)5/h10*2-6H,1H3;2*3H2,1-2H3. The van der Waals surface area contributed by atoms with Gasteiger partial charge < -0.3 is 9.47 Å². The number of aryl methyl sites for hydroxylation is 10. The van der Waals surface area contributed by atoms with Crippen molar-refractivity contribution in [2.75, 3.05) is 13.2 Å². The molecule has 0 saturated carbocycles. The monoisotopic (exact) mass is 1100 g/mol. The van der Waals surface area contributed by atoms with Crippen molar-refractivity contribution in [3.8, 4) is 0 Å². The minimum absolute atomic E-state index is 0.211. The Balaban J connectivity index is 0. The van der Waals surface area contributed by atoms with Crippen molar-refractivity contribution in [3.05, 3.63) is 359 Å². The van der Waals surface area contributed by atoms with E-state index in [0.717, 1.165) is 0 Å². The molecule has 0 heterocycles. The second-order valence-corrected chi connectivity index (χ2v) is 18.4. The van der Waals surface area contributed by atoms with Gasteiger partial charge in [-0.2, -0.15) is 0 Å². The highest BCUT2D eigenvalue weighted by Gasteiger charge is 1.83. The molecule has 0 aromatic heterocycles. The van der Waals surface area contributed by atoms with E-state index in [1.165, 1.54) is 69.5 Å². The lowest BCUT2D eigenvalue weighted by Crippen LogP contribution is -1.95. The molecule has 0 saturated heterocycles. The van der Waals surface area contributed by atoms with Crippen molar-refractivity contribution in [2.45, 2.75) is 96.9 Å². The first-order valence-electron chi connectivity index (χ1n) is 27.9. The maximum atomic E-state index is 9.82. The zero-order chi connectivity index (χ0) is 61.1. The second kappa shape index (κ2) is 55.5. The van der Waals surface area contributed by atoms with Crippen molar-refractivity contribution in [1.29, 1.82) is 0 Å². The average molecular weight is 1100 g/mol. The van der Waals surface area contributed by atoms with Crippen LogP contribution in [0, 0.1) is 69.2 Å². The number of carbonyl (C=O) groups excluding carboxylic acids is 2. The molecule has 0 unspecified atom stereocenters. The summed E-state index contributed by atoms with van der Waals surface area (Å²) in [5.41, 5.74) is 13.2. The minimum Gasteiger partial charge on any atom is -0.466 e. The van der Waals surface area contributed by atoms with Gasteiger partial charge in [-0.1, -0.05) is 359 Å². The van der Waals surface area contributed by atoms with Gasteiger partial charge in [-0.05, 0) is 83.1 Å². The maximum Gasteiger partial charge on any atom is 0.302 e. The summed E-state index contributed by atoms with van der Waals surface area (Å²) in [5, 5.41) is 0. The van der Waals surface area contributed by atoms with Crippen LogP contribution in [0.15, 0.2) is 303 Å². The normalized spacial score (nSPS) is 8.56. The molecule has 0 fully saturated rings. The highest BCUT2D eigenvalue weighted by molar-refractivity contribution is 5.66. The van der Waals surface area contributed by atoms with Gasteiger partial charge in [0, 0.05) is 13.8 Å². The Morgan fingerprint density at radius 3 is 0.317 bits per heavy atom. The fourth-order valence-corrected chi connectivity index (χ4v) is 5.75. The number of hydrogen-bond acceptors (Lipinski definition) is 4. The van der Waals surface area contributed by atoms with Crippen LogP contribution >= 0.6 is 0 Å². The molecule has 0 radical (unpaired) electrons. The highest BCUT2D eigenvalue weighted by Crippen LogP contribution is 1.98. The molecular weight excluding hydrogens is 1000 g/mol. The second-order valence-electron chi connectivity index (χ2n) is 18.4. The summed E-state index contributed by atoms with van der Waals surface area (Å²) in [7, 11) is 0. The molecule has 0 aliphatic carbocycles. The molecule has 0 bridgehead atoms. The Labute approximate surface area is 497 Å². The lowest BCUT2D eigenvalue weighted by atomic mass is 10.2. The Morgan fingerprint density at radius 1 is 0.207 bits per heavy atom. The van der Waals surface area contributed by atoms with Gasteiger partial charge in [0.05, 0.1) is 13.2 Å². The minimum atomic E-state index is -0.211. The van der Waals surface area contributed by atoms with E-state index in [2.05, 4.69) is 200 Å². The topological polar surface area (TPSA) is 52.6 Å². The summed E-state index contributed by atoms with van der Waals surface area (Å²) in [6.07, 6.45) is 0. The van der Waals surface area contributed by atoms with Gasteiger partial charge in [0.2, 0.25) is 0 Å². The number of benzene rings is 10. The van der Waals surface area contributed by atoms with E-state index < -0.39 is 0 Å². The molecule has 10 aromatic carbocycles. The zero-order valence-corrected chi connectivity index (χ0v) is 51.9. The predicted molar refractivity (Wildman–Crippen MR) is 356 cm³/mol. The van der Waals surface area contributed by atoms with Gasteiger partial charge >= 0.3 is 11.9 Å². The molecule has 4 nitrogen and oxygen atoms in total. The van der Waals surface area contributed by atoms with E-state index in [9.17, 15) is 9.59 Å². The Kier molecular flexibility index (Phi) is 50.9. The smallest absolute Gasteiger partial charge is 0.302 e. The SMILES string of the molecule is CCOC(C)=O.CCOC(C)=O.Cc1ccccc1.Cc1ccccc1.Cc1ccccc1.Cc1ccccc1.Cc1ccccc1.Cc1ccccc1.Cc1ccccc1.Cc1ccccc1.Cc1ccccc1.Cc1ccccc1. The number of rotatable bonds is 2. The van der Waals surface area contributed by atoms with Crippen molar-refractivity contribution in [1.82, 2.24) is 0 Å². The first-order valence-corrected chi connectivity index (χ1v) is 27.9. The lowest BCUT2D eigenvalue weighted by molar-refractivity contribution is -0.141. The highest BCUT2D eigenvalue weighted by atomic mass is 16.5. The summed E-state index contributed by atoms with van der Waals surface area (Å²) in [6, 6.07) is 103. The van der Waals surface area contributed by atoms with Crippen molar-refractivity contribution < 1.29 is 19.1 Å². The van der Waals surface area contributed by atoms with Crippen LogP contribution in [0.5, 0.6) is 0 Å². The lowest BCUT2D eigenvalue weighted by Gasteiger charge is -1.89. The number of esters is 2. The van der Waals surface area contributed by atoms with Gasteiger partial charge in [0.15, 0.2) is 0 Å². The van der Waals surface area contributed by atoms with Crippen LogP contribution in [-0.2, 0) is 19.1 Å². The zero-order valence-electron chi connectivity index (χ0n) is 51.9. The quantitative estimate of drug-likeness (QED) is 0.162. The molecule has 0 aliphatic rings. The maximum absolute atomic E-state index is 9.82. The summed E-state index contributed by atoms with van der Waals surface area (Å²) < 4.78 is 8.81. The number of carbonyl (C=O) groups is 2. The molecule has 4 heteroatoms. The predicted octanol–water partition coefficient (Wildman–Crippen LogP) is 21.1. The first-order chi connectivity index (χ1) is 39.5. The van der Waals surface area contributed by atoms with Crippen LogP contribution in [0.4, 0.5) is 0 Å². The van der Waals surface area contributed by atoms with Crippen LogP contribution in [0.3, 0.4) is 0 Å². The molecule has 0 atom stereocenters. The summed E-state index contributed by atoms with van der Waals surface area (Å²) in [6.45, 7) is 28.1. The fourth-order valence-electron chi connectivity index (χ4n) is 5.75. The van der Waals surface area contributed by atoms with E-state index in [0.29, 0.717) is 13.2 Å².